The number of nitrogens with zero attached hydrogens (tertiary/aromatic N) is 4. The van der Waals surface area contributed by atoms with Crippen LogP contribution in [0.3, 0.4) is 0 Å². The number of hydrogen-bond donors (Lipinski definition) is 1. The van der Waals surface area contributed by atoms with E-state index in [-0.39, 0.29) is 5.69 Å². The van der Waals surface area contributed by atoms with Crippen LogP contribution in [0.4, 0.5) is 0 Å². The lowest BCUT2D eigenvalue weighted by atomic mass is 10.0. The summed E-state index contributed by atoms with van der Waals surface area (Å²) in [5, 5.41) is 18.2. The Morgan fingerprint density at radius 1 is 1.06 bits per heavy atom. The first-order valence-corrected chi connectivity index (χ1v) is 9.93. The van der Waals surface area contributed by atoms with Gasteiger partial charge in [-0.05, 0) is 30.2 Å². The molecule has 0 unspecified atom stereocenters. The molecule has 0 aliphatic carbocycles. The van der Waals surface area contributed by atoms with Crippen LogP contribution in [0.1, 0.15) is 44.7 Å². The minimum Gasteiger partial charge on any atom is -0.476 e. The molecule has 0 radical (unpaired) electrons. The summed E-state index contributed by atoms with van der Waals surface area (Å²) in [7, 11) is 0. The van der Waals surface area contributed by atoms with Crippen LogP contribution in [0.25, 0.3) is 11.8 Å². The number of aromatic carboxylic acids is 1. The molecule has 0 aliphatic rings. The Balaban J connectivity index is 1.53. The van der Waals surface area contributed by atoms with E-state index in [2.05, 4.69) is 15.2 Å². The standard InChI is InChI=1S/C24H22N4O3/c1-16-21(25-17(2)31-16)13-7-9-18-8-6-10-19(14-18)15-22-23(24(29)30)27-28(26-22)20-11-4-3-5-12-20/h3-12,14H,13,15H2,1-2H3,(H,29,30)/b9-7+. The zero-order valence-corrected chi connectivity index (χ0v) is 17.3. The zero-order chi connectivity index (χ0) is 21.8. The maximum absolute atomic E-state index is 11.7. The average Bonchev–Trinajstić information content (AvgIpc) is 3.32. The van der Waals surface area contributed by atoms with Gasteiger partial charge < -0.3 is 9.52 Å². The van der Waals surface area contributed by atoms with Gasteiger partial charge in [0.15, 0.2) is 11.6 Å². The molecule has 31 heavy (non-hydrogen) atoms. The monoisotopic (exact) mass is 414 g/mol. The molecule has 0 saturated heterocycles. The predicted molar refractivity (Wildman–Crippen MR) is 116 cm³/mol. The van der Waals surface area contributed by atoms with Gasteiger partial charge >= 0.3 is 5.97 Å². The van der Waals surface area contributed by atoms with E-state index >= 15 is 0 Å². The number of aryl methyl sites for hydroxylation is 2. The molecule has 4 rings (SSSR count). The Kier molecular flexibility index (Phi) is 5.75. The van der Waals surface area contributed by atoms with E-state index in [1.165, 1.54) is 4.80 Å². The number of aromatic nitrogens is 4. The van der Waals surface area contributed by atoms with Gasteiger partial charge in [-0.15, -0.1) is 5.10 Å². The molecule has 0 aliphatic heterocycles. The van der Waals surface area contributed by atoms with Crippen molar-refractivity contribution in [3.63, 3.8) is 0 Å². The second-order valence-corrected chi connectivity index (χ2v) is 7.19. The highest BCUT2D eigenvalue weighted by atomic mass is 16.4. The smallest absolute Gasteiger partial charge is 0.358 e. The van der Waals surface area contributed by atoms with Gasteiger partial charge in [0, 0.05) is 19.8 Å². The van der Waals surface area contributed by atoms with Crippen molar-refractivity contribution in [1.82, 2.24) is 20.0 Å². The number of oxazole rings is 1. The molecule has 2 heterocycles. The highest BCUT2D eigenvalue weighted by Gasteiger charge is 2.18. The van der Waals surface area contributed by atoms with Crippen molar-refractivity contribution in [2.45, 2.75) is 26.7 Å². The Hall–Kier alpha value is -4.00. The van der Waals surface area contributed by atoms with Gasteiger partial charge in [-0.1, -0.05) is 54.6 Å². The molecule has 156 valence electrons. The molecule has 4 aromatic rings. The molecule has 0 fully saturated rings. The fourth-order valence-corrected chi connectivity index (χ4v) is 3.37. The number of para-hydroxylation sites is 1. The summed E-state index contributed by atoms with van der Waals surface area (Å²) in [6.45, 7) is 3.75. The highest BCUT2D eigenvalue weighted by Crippen LogP contribution is 2.16. The first-order valence-electron chi connectivity index (χ1n) is 9.93. The van der Waals surface area contributed by atoms with Crippen LogP contribution >= 0.6 is 0 Å². The Bertz CT molecular complexity index is 1240. The van der Waals surface area contributed by atoms with Crippen LogP contribution in [0.5, 0.6) is 0 Å². The van der Waals surface area contributed by atoms with Gasteiger partial charge in [0.05, 0.1) is 11.4 Å². The second kappa shape index (κ2) is 8.79. The van der Waals surface area contributed by atoms with Gasteiger partial charge in [-0.25, -0.2) is 9.78 Å². The minimum absolute atomic E-state index is 0.0401. The van der Waals surface area contributed by atoms with Gasteiger partial charge in [0.2, 0.25) is 0 Å². The lowest BCUT2D eigenvalue weighted by Gasteiger charge is -2.01. The number of carboxylic acid groups (broad SMARTS) is 1. The van der Waals surface area contributed by atoms with Crippen molar-refractivity contribution in [3.05, 3.63) is 101 Å². The van der Waals surface area contributed by atoms with E-state index in [0.717, 1.165) is 22.6 Å². The van der Waals surface area contributed by atoms with Gasteiger partial charge in [0.1, 0.15) is 11.5 Å². The average molecular weight is 414 g/mol. The van der Waals surface area contributed by atoms with Crippen LogP contribution in [0, 0.1) is 13.8 Å². The zero-order valence-electron chi connectivity index (χ0n) is 17.3. The SMILES string of the molecule is Cc1nc(C/C=C/c2cccc(Cc3nn(-c4ccccc4)nc3C(=O)O)c2)c(C)o1. The van der Waals surface area contributed by atoms with Crippen LogP contribution in [-0.4, -0.2) is 31.1 Å². The lowest BCUT2D eigenvalue weighted by Crippen LogP contribution is -2.03. The highest BCUT2D eigenvalue weighted by molar-refractivity contribution is 5.86. The molecule has 0 spiro atoms. The first-order chi connectivity index (χ1) is 15.0. The number of benzene rings is 2. The van der Waals surface area contributed by atoms with Crippen LogP contribution in [0.2, 0.25) is 0 Å². The molecule has 0 atom stereocenters. The third-order valence-electron chi connectivity index (χ3n) is 4.82. The fourth-order valence-electron chi connectivity index (χ4n) is 3.37. The van der Waals surface area contributed by atoms with Gasteiger partial charge in [0.25, 0.3) is 0 Å². The van der Waals surface area contributed by atoms with E-state index in [9.17, 15) is 9.90 Å². The first kappa shape index (κ1) is 20.3. The van der Waals surface area contributed by atoms with Crippen molar-refractivity contribution >= 4 is 12.0 Å². The Morgan fingerprint density at radius 3 is 2.58 bits per heavy atom. The topological polar surface area (TPSA) is 94.0 Å². The number of allylic oxidation sites excluding steroid dienone is 1. The van der Waals surface area contributed by atoms with Crippen LogP contribution < -0.4 is 0 Å². The van der Waals surface area contributed by atoms with Crippen molar-refractivity contribution < 1.29 is 14.3 Å². The van der Waals surface area contributed by atoms with E-state index < -0.39 is 5.97 Å². The fraction of sp³-hybridized carbons (Fsp3) is 0.167. The molecular weight excluding hydrogens is 392 g/mol. The summed E-state index contributed by atoms with van der Waals surface area (Å²) in [6.07, 6.45) is 5.11. The van der Waals surface area contributed by atoms with Crippen molar-refractivity contribution in [1.29, 1.82) is 0 Å². The molecule has 1 N–H and O–H groups in total. The molecule has 7 heteroatoms. The number of hydrogen-bond acceptors (Lipinski definition) is 5. The number of carbonyl (C=O) groups is 1. The van der Waals surface area contributed by atoms with Gasteiger partial charge in [-0.2, -0.15) is 9.90 Å². The maximum atomic E-state index is 11.7. The van der Waals surface area contributed by atoms with Crippen LogP contribution in [-0.2, 0) is 12.8 Å². The van der Waals surface area contributed by atoms with Crippen molar-refractivity contribution in [3.8, 4) is 5.69 Å². The van der Waals surface area contributed by atoms with E-state index in [1.807, 2.05) is 80.6 Å². The quantitative estimate of drug-likeness (QED) is 0.481. The van der Waals surface area contributed by atoms with E-state index in [1.54, 1.807) is 0 Å². The number of carboxylic acids is 1. The molecule has 0 saturated carbocycles. The van der Waals surface area contributed by atoms with E-state index in [0.29, 0.717) is 30.1 Å². The minimum atomic E-state index is -1.09. The summed E-state index contributed by atoms with van der Waals surface area (Å²) in [5.74, 6) is 0.408. The lowest BCUT2D eigenvalue weighted by molar-refractivity contribution is 0.0689. The molecule has 7 nitrogen and oxygen atoms in total. The maximum Gasteiger partial charge on any atom is 0.358 e. The molecule has 2 aromatic heterocycles. The van der Waals surface area contributed by atoms with Crippen LogP contribution in [0.15, 0.2) is 65.1 Å². The largest absolute Gasteiger partial charge is 0.476 e. The third-order valence-corrected chi connectivity index (χ3v) is 4.82. The Morgan fingerprint density at radius 2 is 1.87 bits per heavy atom. The summed E-state index contributed by atoms with van der Waals surface area (Å²) in [5.41, 5.74) is 3.99. The normalized spacial score (nSPS) is 11.3. The Labute approximate surface area is 179 Å². The molecule has 0 bridgehead atoms. The van der Waals surface area contributed by atoms with E-state index in [4.69, 9.17) is 4.42 Å². The summed E-state index contributed by atoms with van der Waals surface area (Å²) < 4.78 is 5.46. The molecule has 2 aromatic carbocycles. The van der Waals surface area contributed by atoms with Crippen molar-refractivity contribution in [2.75, 3.05) is 0 Å². The summed E-state index contributed by atoms with van der Waals surface area (Å²) >= 11 is 0. The molecular formula is C24H22N4O3. The summed E-state index contributed by atoms with van der Waals surface area (Å²) in [6, 6.07) is 17.2. The predicted octanol–water partition coefficient (Wildman–Crippen LogP) is 4.42. The molecule has 0 amide bonds. The second-order valence-electron chi connectivity index (χ2n) is 7.19. The van der Waals surface area contributed by atoms with Gasteiger partial charge in [-0.3, -0.25) is 0 Å². The third kappa shape index (κ3) is 4.78. The van der Waals surface area contributed by atoms with Crippen molar-refractivity contribution in [2.24, 2.45) is 0 Å². The summed E-state index contributed by atoms with van der Waals surface area (Å²) in [4.78, 5) is 17.4. The number of rotatable bonds is 7.